The van der Waals surface area contributed by atoms with Crippen molar-refractivity contribution in [3.05, 3.63) is 0 Å². The van der Waals surface area contributed by atoms with Crippen LogP contribution in [-0.2, 0) is 14.3 Å². The molecule has 0 aliphatic carbocycles. The summed E-state index contributed by atoms with van der Waals surface area (Å²) in [6.07, 6.45) is 4.48. The third kappa shape index (κ3) is 12.1. The Hall–Kier alpha value is -0.650. The Labute approximate surface area is 117 Å². The number of carbonyl (C=O) groups is 1. The van der Waals surface area contributed by atoms with Crippen LogP contribution >= 0.6 is 0 Å². The SMILES string of the molecule is CCC(CCN)CCC(=O)NCCCOCCOC. The highest BCUT2D eigenvalue weighted by molar-refractivity contribution is 5.75. The second-order valence-corrected chi connectivity index (χ2v) is 4.70. The summed E-state index contributed by atoms with van der Waals surface area (Å²) in [7, 11) is 1.65. The van der Waals surface area contributed by atoms with Gasteiger partial charge in [-0.2, -0.15) is 0 Å². The van der Waals surface area contributed by atoms with E-state index in [0.717, 1.165) is 25.7 Å². The second kappa shape index (κ2) is 13.8. The van der Waals surface area contributed by atoms with Gasteiger partial charge in [0, 0.05) is 26.7 Å². The molecule has 0 aromatic carbocycles. The van der Waals surface area contributed by atoms with Crippen LogP contribution in [0.4, 0.5) is 0 Å². The zero-order valence-corrected chi connectivity index (χ0v) is 12.5. The van der Waals surface area contributed by atoms with E-state index in [1.807, 2.05) is 0 Å². The number of nitrogens with two attached hydrogens (primary N) is 1. The lowest BCUT2D eigenvalue weighted by atomic mass is 9.96. The maximum atomic E-state index is 11.6. The van der Waals surface area contributed by atoms with Crippen molar-refractivity contribution in [1.29, 1.82) is 0 Å². The first kappa shape index (κ1) is 18.4. The highest BCUT2D eigenvalue weighted by Gasteiger charge is 2.08. The van der Waals surface area contributed by atoms with Crippen LogP contribution in [0.15, 0.2) is 0 Å². The van der Waals surface area contributed by atoms with Gasteiger partial charge in [0.25, 0.3) is 0 Å². The van der Waals surface area contributed by atoms with Gasteiger partial charge >= 0.3 is 0 Å². The van der Waals surface area contributed by atoms with Gasteiger partial charge in [0.1, 0.15) is 0 Å². The van der Waals surface area contributed by atoms with Crippen molar-refractivity contribution >= 4 is 5.91 Å². The van der Waals surface area contributed by atoms with E-state index >= 15 is 0 Å². The number of nitrogens with one attached hydrogen (secondary N) is 1. The smallest absolute Gasteiger partial charge is 0.220 e. The van der Waals surface area contributed by atoms with Crippen LogP contribution in [0.3, 0.4) is 0 Å². The van der Waals surface area contributed by atoms with Crippen LogP contribution < -0.4 is 11.1 Å². The largest absolute Gasteiger partial charge is 0.382 e. The van der Waals surface area contributed by atoms with E-state index in [-0.39, 0.29) is 5.91 Å². The fraction of sp³-hybridized carbons (Fsp3) is 0.929. The van der Waals surface area contributed by atoms with Gasteiger partial charge in [-0.15, -0.1) is 0 Å². The van der Waals surface area contributed by atoms with Crippen molar-refractivity contribution in [1.82, 2.24) is 5.32 Å². The number of hydrogen-bond donors (Lipinski definition) is 2. The van der Waals surface area contributed by atoms with Gasteiger partial charge in [0.05, 0.1) is 13.2 Å². The quantitative estimate of drug-likeness (QED) is 0.497. The van der Waals surface area contributed by atoms with Gasteiger partial charge in [-0.25, -0.2) is 0 Å². The fourth-order valence-corrected chi connectivity index (χ4v) is 1.86. The molecule has 3 N–H and O–H groups in total. The Kier molecular flexibility index (Phi) is 13.3. The molecule has 5 heteroatoms. The van der Waals surface area contributed by atoms with Gasteiger partial charge < -0.3 is 20.5 Å². The molecule has 5 nitrogen and oxygen atoms in total. The zero-order chi connectivity index (χ0) is 14.3. The Morgan fingerprint density at radius 3 is 2.68 bits per heavy atom. The van der Waals surface area contributed by atoms with Gasteiger partial charge in [0.15, 0.2) is 0 Å². The summed E-state index contributed by atoms with van der Waals surface area (Å²) in [6.45, 7) is 5.43. The normalized spacial score (nSPS) is 12.4. The van der Waals surface area contributed by atoms with E-state index in [1.54, 1.807) is 7.11 Å². The molecule has 0 aliphatic rings. The summed E-state index contributed by atoms with van der Waals surface area (Å²) in [5.74, 6) is 0.709. The number of ether oxygens (including phenoxy) is 2. The molecule has 19 heavy (non-hydrogen) atoms. The lowest BCUT2D eigenvalue weighted by Gasteiger charge is -2.13. The molecule has 0 aromatic rings. The maximum absolute atomic E-state index is 11.6. The van der Waals surface area contributed by atoms with E-state index in [0.29, 0.717) is 45.2 Å². The summed E-state index contributed by atoms with van der Waals surface area (Å²) in [5.41, 5.74) is 5.54. The molecule has 0 spiro atoms. The fourth-order valence-electron chi connectivity index (χ4n) is 1.86. The Bertz CT molecular complexity index is 213. The van der Waals surface area contributed by atoms with Crippen molar-refractivity contribution in [2.24, 2.45) is 11.7 Å². The minimum absolute atomic E-state index is 0.132. The molecule has 0 rings (SSSR count). The Balaban J connectivity index is 3.38. The number of carbonyl (C=O) groups excluding carboxylic acids is 1. The molecule has 0 fully saturated rings. The molecular weight excluding hydrogens is 244 g/mol. The molecule has 0 saturated heterocycles. The number of rotatable bonds is 13. The molecule has 1 unspecified atom stereocenters. The molecule has 0 bridgehead atoms. The summed E-state index contributed by atoms with van der Waals surface area (Å²) in [4.78, 5) is 11.6. The lowest BCUT2D eigenvalue weighted by Crippen LogP contribution is -2.26. The first-order valence-electron chi connectivity index (χ1n) is 7.28. The average molecular weight is 274 g/mol. The van der Waals surface area contributed by atoms with Crippen LogP contribution in [0.1, 0.15) is 39.0 Å². The van der Waals surface area contributed by atoms with Gasteiger partial charge in [-0.05, 0) is 31.7 Å². The standard InChI is InChI=1S/C14H30N2O3/c1-3-13(7-8-15)5-6-14(17)16-9-4-10-19-12-11-18-2/h13H,3-12,15H2,1-2H3,(H,16,17). The van der Waals surface area contributed by atoms with Crippen molar-refractivity contribution in [2.45, 2.75) is 39.0 Å². The van der Waals surface area contributed by atoms with Crippen molar-refractivity contribution in [3.8, 4) is 0 Å². The van der Waals surface area contributed by atoms with E-state index in [4.69, 9.17) is 15.2 Å². The second-order valence-electron chi connectivity index (χ2n) is 4.70. The minimum Gasteiger partial charge on any atom is -0.382 e. The monoisotopic (exact) mass is 274 g/mol. The molecule has 0 saturated carbocycles. The topological polar surface area (TPSA) is 73.6 Å². The van der Waals surface area contributed by atoms with E-state index in [9.17, 15) is 4.79 Å². The predicted octanol–water partition coefficient (Wildman–Crippen LogP) is 1.31. The van der Waals surface area contributed by atoms with E-state index in [2.05, 4.69) is 12.2 Å². The molecule has 0 aromatic heterocycles. The third-order valence-corrected chi connectivity index (χ3v) is 3.15. The van der Waals surface area contributed by atoms with Gasteiger partial charge in [-0.1, -0.05) is 13.3 Å². The molecule has 0 heterocycles. The van der Waals surface area contributed by atoms with Gasteiger partial charge in [-0.3, -0.25) is 4.79 Å². The molecule has 0 radical (unpaired) electrons. The Morgan fingerprint density at radius 2 is 2.05 bits per heavy atom. The predicted molar refractivity (Wildman–Crippen MR) is 77.0 cm³/mol. The maximum Gasteiger partial charge on any atom is 0.220 e. The summed E-state index contributed by atoms with van der Waals surface area (Å²) < 4.78 is 10.2. The average Bonchev–Trinajstić information content (AvgIpc) is 2.42. The summed E-state index contributed by atoms with van der Waals surface area (Å²) in [5, 5.41) is 2.91. The molecule has 1 amide bonds. The van der Waals surface area contributed by atoms with Crippen LogP contribution in [0.5, 0.6) is 0 Å². The first-order chi connectivity index (χ1) is 9.24. The minimum atomic E-state index is 0.132. The van der Waals surface area contributed by atoms with Crippen molar-refractivity contribution in [3.63, 3.8) is 0 Å². The molecular formula is C14H30N2O3. The van der Waals surface area contributed by atoms with Crippen molar-refractivity contribution < 1.29 is 14.3 Å². The first-order valence-corrected chi connectivity index (χ1v) is 7.28. The molecule has 114 valence electrons. The van der Waals surface area contributed by atoms with E-state index in [1.165, 1.54) is 0 Å². The number of methoxy groups -OCH3 is 1. The highest BCUT2D eigenvalue weighted by atomic mass is 16.5. The van der Waals surface area contributed by atoms with E-state index < -0.39 is 0 Å². The lowest BCUT2D eigenvalue weighted by molar-refractivity contribution is -0.121. The highest BCUT2D eigenvalue weighted by Crippen LogP contribution is 2.14. The summed E-state index contributed by atoms with van der Waals surface area (Å²) in [6, 6.07) is 0. The molecule has 0 aliphatic heterocycles. The number of hydrogen-bond acceptors (Lipinski definition) is 4. The third-order valence-electron chi connectivity index (χ3n) is 3.15. The number of amides is 1. The van der Waals surface area contributed by atoms with Crippen LogP contribution in [-0.4, -0.2) is 45.9 Å². The van der Waals surface area contributed by atoms with Crippen molar-refractivity contribution in [2.75, 3.05) is 40.0 Å². The zero-order valence-electron chi connectivity index (χ0n) is 12.5. The van der Waals surface area contributed by atoms with Crippen LogP contribution in [0, 0.1) is 5.92 Å². The van der Waals surface area contributed by atoms with Crippen LogP contribution in [0.25, 0.3) is 0 Å². The van der Waals surface area contributed by atoms with Crippen LogP contribution in [0.2, 0.25) is 0 Å². The van der Waals surface area contributed by atoms with Gasteiger partial charge in [0.2, 0.25) is 5.91 Å². The summed E-state index contributed by atoms with van der Waals surface area (Å²) >= 11 is 0. The Morgan fingerprint density at radius 1 is 1.26 bits per heavy atom. The molecule has 1 atom stereocenters.